The molecule has 0 atom stereocenters. The number of benzene rings is 1. The van der Waals surface area contributed by atoms with Gasteiger partial charge in [0.25, 0.3) is 5.91 Å². The molecule has 0 aromatic heterocycles. The Balaban J connectivity index is 2.15. The molecule has 124 valence electrons. The minimum atomic E-state index is -0.625. The third-order valence-corrected chi connectivity index (χ3v) is 2.59. The summed E-state index contributed by atoms with van der Waals surface area (Å²) < 4.78 is 9.73. The van der Waals surface area contributed by atoms with Gasteiger partial charge < -0.3 is 14.8 Å². The maximum atomic E-state index is 11.7. The number of esters is 2. The Morgan fingerprint density at radius 2 is 1.74 bits per heavy atom. The summed E-state index contributed by atoms with van der Waals surface area (Å²) in [6, 6.07) is 8.84. The van der Waals surface area contributed by atoms with Crippen molar-refractivity contribution in [1.29, 1.82) is 0 Å². The first kappa shape index (κ1) is 18.4. The van der Waals surface area contributed by atoms with Gasteiger partial charge in [-0.2, -0.15) is 0 Å². The van der Waals surface area contributed by atoms with Crippen molar-refractivity contribution >= 4 is 17.8 Å². The molecule has 0 radical (unpaired) electrons. The summed E-state index contributed by atoms with van der Waals surface area (Å²) >= 11 is 0. The molecule has 0 spiro atoms. The number of amides is 1. The molecule has 0 aliphatic carbocycles. The summed E-state index contributed by atoms with van der Waals surface area (Å²) in [5, 5.41) is 2.72. The zero-order valence-electron chi connectivity index (χ0n) is 13.3. The molecule has 0 fully saturated rings. The van der Waals surface area contributed by atoms with Crippen molar-refractivity contribution in [2.24, 2.45) is 0 Å². The van der Waals surface area contributed by atoms with Crippen molar-refractivity contribution in [3.05, 3.63) is 48.0 Å². The van der Waals surface area contributed by atoms with E-state index in [-0.39, 0.29) is 18.6 Å². The Labute approximate surface area is 135 Å². The van der Waals surface area contributed by atoms with Crippen molar-refractivity contribution in [2.45, 2.75) is 26.4 Å². The molecule has 0 unspecified atom stereocenters. The minimum absolute atomic E-state index is 0.150. The Bertz CT molecular complexity index is 551. The quantitative estimate of drug-likeness (QED) is 0.449. The predicted octanol–water partition coefficient (Wildman–Crippen LogP) is 1.86. The molecule has 1 aromatic carbocycles. The van der Waals surface area contributed by atoms with Gasteiger partial charge in [-0.3, -0.25) is 4.79 Å². The first-order valence-corrected chi connectivity index (χ1v) is 7.37. The van der Waals surface area contributed by atoms with E-state index in [2.05, 4.69) is 5.32 Å². The highest BCUT2D eigenvalue weighted by molar-refractivity contribution is 5.94. The summed E-state index contributed by atoms with van der Waals surface area (Å²) in [6.07, 6.45) is 2.29. The van der Waals surface area contributed by atoms with Crippen LogP contribution in [0.2, 0.25) is 0 Å². The van der Waals surface area contributed by atoms with E-state index < -0.39 is 11.9 Å². The van der Waals surface area contributed by atoms with E-state index in [0.29, 0.717) is 18.5 Å². The monoisotopic (exact) mass is 319 g/mol. The number of nitrogens with one attached hydrogen (secondary N) is 1. The highest BCUT2D eigenvalue weighted by Crippen LogP contribution is 1.97. The smallest absolute Gasteiger partial charge is 0.331 e. The van der Waals surface area contributed by atoms with Gasteiger partial charge in [-0.05, 0) is 32.4 Å². The lowest BCUT2D eigenvalue weighted by Crippen LogP contribution is -2.25. The summed E-state index contributed by atoms with van der Waals surface area (Å²) in [5.41, 5.74) is 0.580. The molecule has 1 N–H and O–H groups in total. The van der Waals surface area contributed by atoms with Gasteiger partial charge in [0.2, 0.25) is 0 Å². The van der Waals surface area contributed by atoms with Crippen molar-refractivity contribution < 1.29 is 23.9 Å². The van der Waals surface area contributed by atoms with Gasteiger partial charge in [-0.15, -0.1) is 0 Å². The van der Waals surface area contributed by atoms with Gasteiger partial charge in [-0.25, -0.2) is 9.59 Å². The summed E-state index contributed by atoms with van der Waals surface area (Å²) in [4.78, 5) is 34.3. The Morgan fingerprint density at radius 3 is 2.39 bits per heavy atom. The third kappa shape index (κ3) is 8.40. The van der Waals surface area contributed by atoms with E-state index >= 15 is 0 Å². The highest BCUT2D eigenvalue weighted by atomic mass is 16.5. The average molecular weight is 319 g/mol. The average Bonchev–Trinajstić information content (AvgIpc) is 2.52. The molecule has 6 heteroatoms. The van der Waals surface area contributed by atoms with Crippen LogP contribution in [0.15, 0.2) is 42.5 Å². The van der Waals surface area contributed by atoms with Gasteiger partial charge in [0.15, 0.2) is 0 Å². The molecular weight excluding hydrogens is 298 g/mol. The highest BCUT2D eigenvalue weighted by Gasteiger charge is 2.04. The number of carbonyl (C=O) groups is 3. The maximum Gasteiger partial charge on any atom is 0.331 e. The molecule has 0 aliphatic heterocycles. The van der Waals surface area contributed by atoms with Crippen molar-refractivity contribution in [2.75, 3.05) is 13.2 Å². The fourth-order valence-electron chi connectivity index (χ4n) is 1.59. The van der Waals surface area contributed by atoms with Gasteiger partial charge in [0, 0.05) is 24.3 Å². The molecule has 1 rings (SSSR count). The summed E-state index contributed by atoms with van der Waals surface area (Å²) in [7, 11) is 0. The van der Waals surface area contributed by atoms with Crippen LogP contribution < -0.4 is 5.32 Å². The van der Waals surface area contributed by atoms with E-state index in [1.165, 1.54) is 0 Å². The van der Waals surface area contributed by atoms with Crippen LogP contribution in [0, 0.1) is 0 Å². The van der Waals surface area contributed by atoms with E-state index in [9.17, 15) is 14.4 Å². The van der Waals surface area contributed by atoms with E-state index in [1.54, 1.807) is 38.1 Å². The second-order valence-corrected chi connectivity index (χ2v) is 4.96. The third-order valence-electron chi connectivity index (χ3n) is 2.59. The molecular formula is C17H21NO5. The normalized spacial score (nSPS) is 10.6. The predicted molar refractivity (Wildman–Crippen MR) is 84.7 cm³/mol. The Kier molecular flexibility index (Phi) is 8.13. The zero-order chi connectivity index (χ0) is 17.1. The van der Waals surface area contributed by atoms with Gasteiger partial charge in [0.1, 0.15) is 0 Å². The molecule has 1 amide bonds. The lowest BCUT2D eigenvalue weighted by atomic mass is 10.2. The minimum Gasteiger partial charge on any atom is -0.462 e. The standard InChI is InChI=1S/C17H21NO5/c1-13(2)23-16(20)10-9-15(19)22-12-6-11-18-17(21)14-7-4-3-5-8-14/h3-5,7-10,13H,6,11-12H2,1-2H3,(H,18,21)/b10-9+. The first-order chi connectivity index (χ1) is 11.0. The zero-order valence-corrected chi connectivity index (χ0v) is 13.3. The van der Waals surface area contributed by atoms with Gasteiger partial charge >= 0.3 is 11.9 Å². The van der Waals surface area contributed by atoms with Crippen LogP contribution in [0.5, 0.6) is 0 Å². The second-order valence-electron chi connectivity index (χ2n) is 4.96. The lowest BCUT2D eigenvalue weighted by molar-refractivity contribution is -0.142. The van der Waals surface area contributed by atoms with Crippen LogP contribution in [0.4, 0.5) is 0 Å². The molecule has 23 heavy (non-hydrogen) atoms. The van der Waals surface area contributed by atoms with Crippen molar-refractivity contribution in [3.8, 4) is 0 Å². The second kappa shape index (κ2) is 10.2. The number of hydrogen-bond donors (Lipinski definition) is 1. The number of ether oxygens (including phenoxy) is 2. The maximum absolute atomic E-state index is 11.7. The van der Waals surface area contributed by atoms with E-state index in [1.807, 2.05) is 6.07 Å². The SMILES string of the molecule is CC(C)OC(=O)/C=C/C(=O)OCCCNC(=O)c1ccccc1. The Morgan fingerprint density at radius 1 is 1.09 bits per heavy atom. The molecule has 0 bridgehead atoms. The van der Waals surface area contributed by atoms with E-state index in [0.717, 1.165) is 12.2 Å². The largest absolute Gasteiger partial charge is 0.462 e. The topological polar surface area (TPSA) is 81.7 Å². The Hall–Kier alpha value is -2.63. The number of hydrogen-bond acceptors (Lipinski definition) is 5. The number of rotatable bonds is 8. The molecule has 0 aliphatic rings. The fourth-order valence-corrected chi connectivity index (χ4v) is 1.59. The molecule has 0 heterocycles. The number of carbonyl (C=O) groups excluding carboxylic acids is 3. The van der Waals surface area contributed by atoms with Crippen molar-refractivity contribution in [1.82, 2.24) is 5.32 Å². The molecule has 6 nitrogen and oxygen atoms in total. The summed E-state index contributed by atoms with van der Waals surface area (Å²) in [5.74, 6) is -1.39. The lowest BCUT2D eigenvalue weighted by Gasteiger charge is -2.06. The first-order valence-electron chi connectivity index (χ1n) is 7.37. The van der Waals surface area contributed by atoms with Crippen LogP contribution >= 0.6 is 0 Å². The fraction of sp³-hybridized carbons (Fsp3) is 0.353. The summed E-state index contributed by atoms with van der Waals surface area (Å²) in [6.45, 7) is 3.97. The van der Waals surface area contributed by atoms with Crippen LogP contribution in [-0.4, -0.2) is 37.1 Å². The molecule has 1 aromatic rings. The molecule has 0 saturated carbocycles. The van der Waals surface area contributed by atoms with Gasteiger partial charge in [-0.1, -0.05) is 18.2 Å². The molecule has 0 saturated heterocycles. The van der Waals surface area contributed by atoms with Crippen LogP contribution in [-0.2, 0) is 19.1 Å². The van der Waals surface area contributed by atoms with E-state index in [4.69, 9.17) is 9.47 Å². The van der Waals surface area contributed by atoms with Crippen LogP contribution in [0.3, 0.4) is 0 Å². The van der Waals surface area contributed by atoms with Gasteiger partial charge in [0.05, 0.1) is 12.7 Å². The van der Waals surface area contributed by atoms with Crippen LogP contribution in [0.25, 0.3) is 0 Å². The van der Waals surface area contributed by atoms with Crippen molar-refractivity contribution in [3.63, 3.8) is 0 Å². The van der Waals surface area contributed by atoms with Crippen LogP contribution in [0.1, 0.15) is 30.6 Å².